The van der Waals surface area contributed by atoms with Crippen molar-refractivity contribution in [1.29, 1.82) is 0 Å². The van der Waals surface area contributed by atoms with Crippen molar-refractivity contribution in [2.24, 2.45) is 0 Å². The molecule has 2 aliphatic rings. The number of benzene rings is 2. The van der Waals surface area contributed by atoms with E-state index in [4.69, 9.17) is 14.2 Å². The van der Waals surface area contributed by atoms with E-state index in [9.17, 15) is 9.90 Å². The first-order chi connectivity index (χ1) is 14.3. The zero-order valence-electron chi connectivity index (χ0n) is 17.4. The monoisotopic (exact) mass is 409 g/mol. The number of aliphatic hydroxyl groups is 1. The van der Waals surface area contributed by atoms with Crippen LogP contribution in [0.3, 0.4) is 0 Å². The fourth-order valence-electron chi connectivity index (χ4n) is 4.47. The third kappa shape index (κ3) is 3.21. The molecular weight excluding hydrogens is 382 g/mol. The molecule has 6 nitrogen and oxygen atoms in total. The van der Waals surface area contributed by atoms with Crippen LogP contribution in [0, 0.1) is 0 Å². The first kappa shape index (κ1) is 20.6. The van der Waals surface area contributed by atoms with Gasteiger partial charge in [0.05, 0.1) is 13.7 Å². The number of β-lactam (4-membered cyclic amide) rings is 1. The normalized spacial score (nSPS) is 28.7. The molecule has 2 aliphatic heterocycles. The van der Waals surface area contributed by atoms with Crippen LogP contribution in [-0.4, -0.2) is 48.3 Å². The van der Waals surface area contributed by atoms with E-state index >= 15 is 0 Å². The minimum atomic E-state index is -1.70. The lowest BCUT2D eigenvalue weighted by molar-refractivity contribution is -0.176. The van der Waals surface area contributed by atoms with Gasteiger partial charge in [0, 0.05) is 11.6 Å². The molecular formula is C24H27NO5. The Labute approximate surface area is 176 Å². The number of hydrogen-bond donors (Lipinski definition) is 1. The second-order valence-electron chi connectivity index (χ2n) is 8.13. The summed E-state index contributed by atoms with van der Waals surface area (Å²) in [6, 6.07) is 16.0. The van der Waals surface area contributed by atoms with Gasteiger partial charge in [-0.15, -0.1) is 6.58 Å². The van der Waals surface area contributed by atoms with Crippen molar-refractivity contribution in [2.45, 2.75) is 43.3 Å². The number of carbonyl (C=O) groups excluding carboxylic acids is 1. The summed E-state index contributed by atoms with van der Waals surface area (Å²) in [4.78, 5) is 15.0. The van der Waals surface area contributed by atoms with E-state index in [-0.39, 0.29) is 12.5 Å². The lowest BCUT2D eigenvalue weighted by Gasteiger charge is -2.57. The number of amides is 1. The number of carbonyl (C=O) groups is 1. The smallest absolute Gasteiger partial charge is 0.262 e. The minimum Gasteiger partial charge on any atom is -0.497 e. The van der Waals surface area contributed by atoms with Crippen LogP contribution in [0.5, 0.6) is 5.75 Å². The summed E-state index contributed by atoms with van der Waals surface area (Å²) in [5.41, 5.74) is -0.210. The predicted octanol–water partition coefficient (Wildman–Crippen LogP) is 3.26. The van der Waals surface area contributed by atoms with Crippen LogP contribution in [0.2, 0.25) is 0 Å². The molecule has 0 radical (unpaired) electrons. The second-order valence-corrected chi connectivity index (χ2v) is 8.13. The summed E-state index contributed by atoms with van der Waals surface area (Å²) in [6.45, 7) is 7.84. The molecule has 1 amide bonds. The standard InChI is InChI=1S/C24H27NO5/c1-5-19(16-9-7-6-8-10-16)24(27)21(20-15-29-23(2,3)30-20)25(22(24)26)17-11-13-18(28-4)14-12-17/h5-14,19-21,27H,1,15H2,2-4H3/t19-,20?,21-,24+/m1/s1. The Bertz CT molecular complexity index is 926. The van der Waals surface area contributed by atoms with Crippen LogP contribution < -0.4 is 9.64 Å². The number of methoxy groups -OCH3 is 1. The number of nitrogens with zero attached hydrogens (tertiary/aromatic N) is 1. The Hall–Kier alpha value is -2.67. The maximum Gasteiger partial charge on any atom is 0.262 e. The minimum absolute atomic E-state index is 0.276. The average molecular weight is 409 g/mol. The zero-order chi connectivity index (χ0) is 21.5. The van der Waals surface area contributed by atoms with E-state index < -0.39 is 29.5 Å². The molecule has 1 N–H and O–H groups in total. The summed E-state index contributed by atoms with van der Waals surface area (Å²) >= 11 is 0. The van der Waals surface area contributed by atoms with Gasteiger partial charge < -0.3 is 24.2 Å². The topological polar surface area (TPSA) is 68.2 Å². The number of ether oxygens (including phenoxy) is 3. The Balaban J connectivity index is 1.75. The van der Waals surface area contributed by atoms with Gasteiger partial charge in [-0.25, -0.2) is 0 Å². The molecule has 0 aromatic heterocycles. The van der Waals surface area contributed by atoms with E-state index in [2.05, 4.69) is 6.58 Å². The molecule has 6 heteroatoms. The van der Waals surface area contributed by atoms with Crippen molar-refractivity contribution in [2.75, 3.05) is 18.6 Å². The van der Waals surface area contributed by atoms with Crippen LogP contribution >= 0.6 is 0 Å². The van der Waals surface area contributed by atoms with E-state index in [1.165, 1.54) is 0 Å². The molecule has 2 aromatic rings. The van der Waals surface area contributed by atoms with E-state index in [1.807, 2.05) is 44.2 Å². The molecule has 0 saturated carbocycles. The quantitative estimate of drug-likeness (QED) is 0.586. The molecule has 0 spiro atoms. The maximum atomic E-state index is 13.4. The van der Waals surface area contributed by atoms with Crippen LogP contribution in [-0.2, 0) is 14.3 Å². The Morgan fingerprint density at radius 1 is 1.20 bits per heavy atom. The lowest BCUT2D eigenvalue weighted by atomic mass is 9.67. The molecule has 30 heavy (non-hydrogen) atoms. The van der Waals surface area contributed by atoms with Crippen LogP contribution in [0.25, 0.3) is 0 Å². The van der Waals surface area contributed by atoms with Gasteiger partial charge in [0.2, 0.25) is 0 Å². The molecule has 2 aromatic carbocycles. The number of hydrogen-bond acceptors (Lipinski definition) is 5. The van der Waals surface area contributed by atoms with Gasteiger partial charge in [-0.2, -0.15) is 0 Å². The highest BCUT2D eigenvalue weighted by Gasteiger charge is 2.67. The molecule has 1 unspecified atom stereocenters. The summed E-state index contributed by atoms with van der Waals surface area (Å²) < 4.78 is 17.1. The third-order valence-electron chi connectivity index (χ3n) is 5.89. The van der Waals surface area contributed by atoms with Crippen LogP contribution in [0.15, 0.2) is 67.3 Å². The van der Waals surface area contributed by atoms with Gasteiger partial charge in [-0.3, -0.25) is 4.79 Å². The van der Waals surface area contributed by atoms with Crippen molar-refractivity contribution < 1.29 is 24.1 Å². The van der Waals surface area contributed by atoms with Crippen molar-refractivity contribution in [3.05, 3.63) is 72.8 Å². The van der Waals surface area contributed by atoms with Gasteiger partial charge in [0.1, 0.15) is 17.9 Å². The molecule has 4 atom stereocenters. The highest BCUT2D eigenvalue weighted by molar-refractivity contribution is 6.09. The SMILES string of the molecule is C=C[C@H](c1ccccc1)[C@@]1(O)C(=O)N(c2ccc(OC)cc2)[C@@H]1C1COC(C)(C)O1. The highest BCUT2D eigenvalue weighted by Crippen LogP contribution is 2.48. The molecule has 158 valence electrons. The van der Waals surface area contributed by atoms with Crippen molar-refractivity contribution in [3.8, 4) is 5.75 Å². The van der Waals surface area contributed by atoms with Crippen molar-refractivity contribution in [1.82, 2.24) is 0 Å². The fourth-order valence-corrected chi connectivity index (χ4v) is 4.47. The van der Waals surface area contributed by atoms with Gasteiger partial charge in [0.25, 0.3) is 5.91 Å². The molecule has 4 rings (SSSR count). The van der Waals surface area contributed by atoms with E-state index in [0.717, 1.165) is 5.56 Å². The highest BCUT2D eigenvalue weighted by atomic mass is 16.7. The summed E-state index contributed by atoms with van der Waals surface area (Å²) in [6.07, 6.45) is 1.14. The third-order valence-corrected chi connectivity index (χ3v) is 5.89. The average Bonchev–Trinajstić information content (AvgIpc) is 3.11. The maximum absolute atomic E-state index is 13.4. The molecule has 2 fully saturated rings. The summed E-state index contributed by atoms with van der Waals surface area (Å²) in [5, 5.41) is 11.8. The first-order valence-corrected chi connectivity index (χ1v) is 10.0. The Morgan fingerprint density at radius 3 is 2.40 bits per heavy atom. The largest absolute Gasteiger partial charge is 0.497 e. The summed E-state index contributed by atoms with van der Waals surface area (Å²) in [5.74, 6) is -1.07. The Kier molecular flexibility index (Phi) is 5.18. The van der Waals surface area contributed by atoms with Crippen LogP contribution in [0.1, 0.15) is 25.3 Å². The summed E-state index contributed by atoms with van der Waals surface area (Å²) in [7, 11) is 1.59. The lowest BCUT2D eigenvalue weighted by Crippen LogP contribution is -2.80. The van der Waals surface area contributed by atoms with Gasteiger partial charge in [-0.1, -0.05) is 36.4 Å². The Morgan fingerprint density at radius 2 is 1.87 bits per heavy atom. The molecule has 0 bridgehead atoms. The van der Waals surface area contributed by atoms with E-state index in [1.54, 1.807) is 42.4 Å². The van der Waals surface area contributed by atoms with Crippen molar-refractivity contribution in [3.63, 3.8) is 0 Å². The fraction of sp³-hybridized carbons (Fsp3) is 0.375. The van der Waals surface area contributed by atoms with E-state index in [0.29, 0.717) is 11.4 Å². The van der Waals surface area contributed by atoms with Crippen molar-refractivity contribution >= 4 is 11.6 Å². The van der Waals surface area contributed by atoms with Gasteiger partial charge >= 0.3 is 0 Å². The molecule has 0 aliphatic carbocycles. The van der Waals surface area contributed by atoms with Gasteiger partial charge in [-0.05, 0) is 43.7 Å². The number of anilines is 1. The molecule has 2 saturated heterocycles. The first-order valence-electron chi connectivity index (χ1n) is 10.0. The van der Waals surface area contributed by atoms with Gasteiger partial charge in [0.15, 0.2) is 11.4 Å². The predicted molar refractivity (Wildman–Crippen MR) is 114 cm³/mol. The van der Waals surface area contributed by atoms with Crippen LogP contribution in [0.4, 0.5) is 5.69 Å². The zero-order valence-corrected chi connectivity index (χ0v) is 17.4. The molecule has 2 heterocycles. The second kappa shape index (κ2) is 7.54. The number of rotatable bonds is 6.